The quantitative estimate of drug-likeness (QED) is 0.308. The minimum absolute atomic E-state index is 0.0827. The first-order valence-electron chi connectivity index (χ1n) is 9.53. The molecule has 0 aromatic heterocycles. The highest BCUT2D eigenvalue weighted by Gasteiger charge is 2.03. The third-order valence-electron chi connectivity index (χ3n) is 4.36. The first-order valence-corrected chi connectivity index (χ1v) is 9.53. The lowest BCUT2D eigenvalue weighted by Crippen LogP contribution is -2.19. The Morgan fingerprint density at radius 3 is 1.77 bits per heavy atom. The Kier molecular flexibility index (Phi) is 16.4. The van der Waals surface area contributed by atoms with E-state index in [1.54, 1.807) is 0 Å². The Morgan fingerprint density at radius 2 is 1.27 bits per heavy atom. The number of ether oxygens (including phenoxy) is 1. The molecule has 0 aliphatic rings. The zero-order chi connectivity index (χ0) is 16.5. The molecule has 0 saturated carbocycles. The Hall–Kier alpha value is -0.570. The van der Waals surface area contributed by atoms with Crippen molar-refractivity contribution in [2.75, 3.05) is 7.11 Å². The van der Waals surface area contributed by atoms with E-state index in [1.807, 2.05) is 0 Å². The fraction of sp³-hybridized carbons (Fsp3) is 0.947. The fourth-order valence-electron chi connectivity index (χ4n) is 2.82. The average molecular weight is 314 g/mol. The molecule has 0 amide bonds. The molecule has 1 unspecified atom stereocenters. The van der Waals surface area contributed by atoms with Crippen molar-refractivity contribution in [3.63, 3.8) is 0 Å². The molecule has 0 radical (unpaired) electrons. The Labute approximate surface area is 138 Å². The van der Waals surface area contributed by atoms with Crippen LogP contribution in [0.2, 0.25) is 0 Å². The van der Waals surface area contributed by atoms with Crippen molar-refractivity contribution in [3.05, 3.63) is 0 Å². The summed E-state index contributed by atoms with van der Waals surface area (Å²) in [5, 5.41) is 0. The maximum atomic E-state index is 10.9. The minimum atomic E-state index is -0.0827. The van der Waals surface area contributed by atoms with Crippen LogP contribution >= 0.6 is 0 Å². The third-order valence-corrected chi connectivity index (χ3v) is 4.36. The summed E-state index contributed by atoms with van der Waals surface area (Å²) < 4.78 is 4.63. The fourth-order valence-corrected chi connectivity index (χ4v) is 2.82. The number of rotatable bonds is 16. The van der Waals surface area contributed by atoms with Crippen LogP contribution in [0.4, 0.5) is 0 Å². The first-order chi connectivity index (χ1) is 10.7. The zero-order valence-electron chi connectivity index (χ0n) is 15.1. The second-order valence-electron chi connectivity index (χ2n) is 6.55. The molecule has 1 atom stereocenters. The Bertz CT molecular complexity index is 244. The molecule has 0 aromatic rings. The summed E-state index contributed by atoms with van der Waals surface area (Å²) in [4.78, 5) is 10.9. The normalized spacial score (nSPS) is 12.3. The van der Waals surface area contributed by atoms with Gasteiger partial charge >= 0.3 is 5.97 Å². The molecule has 132 valence electrons. The van der Waals surface area contributed by atoms with Crippen LogP contribution in [-0.2, 0) is 9.53 Å². The van der Waals surface area contributed by atoms with Gasteiger partial charge in [0.1, 0.15) is 0 Å². The third kappa shape index (κ3) is 15.8. The molecule has 3 heteroatoms. The van der Waals surface area contributed by atoms with Crippen LogP contribution in [0.25, 0.3) is 0 Å². The largest absolute Gasteiger partial charge is 0.469 e. The van der Waals surface area contributed by atoms with Crippen LogP contribution in [0.1, 0.15) is 103 Å². The van der Waals surface area contributed by atoms with Gasteiger partial charge in [-0.2, -0.15) is 0 Å². The van der Waals surface area contributed by atoms with Crippen molar-refractivity contribution in [1.82, 2.24) is 0 Å². The summed E-state index contributed by atoms with van der Waals surface area (Å²) in [6.07, 6.45) is 18.2. The van der Waals surface area contributed by atoms with E-state index in [1.165, 1.54) is 84.2 Å². The highest BCUT2D eigenvalue weighted by atomic mass is 16.5. The zero-order valence-corrected chi connectivity index (χ0v) is 15.1. The molecule has 0 heterocycles. The van der Waals surface area contributed by atoms with Crippen LogP contribution in [0.3, 0.4) is 0 Å². The Morgan fingerprint density at radius 1 is 0.818 bits per heavy atom. The summed E-state index contributed by atoms with van der Waals surface area (Å²) in [5.41, 5.74) is 6.17. The standard InChI is InChI=1S/C19H39NO2/c1-3-4-5-6-9-12-15-18(20)16-13-10-7-8-11-14-17-19(21)22-2/h18H,3-17,20H2,1-2H3. The Balaban J connectivity index is 3.18. The molecule has 2 N–H and O–H groups in total. The van der Waals surface area contributed by atoms with E-state index in [-0.39, 0.29) is 5.97 Å². The van der Waals surface area contributed by atoms with Crippen LogP contribution in [0.5, 0.6) is 0 Å². The van der Waals surface area contributed by atoms with Gasteiger partial charge in [0.25, 0.3) is 0 Å². The molecule has 0 saturated heterocycles. The molecule has 0 fully saturated rings. The van der Waals surface area contributed by atoms with E-state index < -0.39 is 0 Å². The maximum absolute atomic E-state index is 10.9. The van der Waals surface area contributed by atoms with Crippen LogP contribution in [0, 0.1) is 0 Å². The number of hydrogen-bond donors (Lipinski definition) is 1. The van der Waals surface area contributed by atoms with Gasteiger partial charge in [0, 0.05) is 12.5 Å². The van der Waals surface area contributed by atoms with Gasteiger partial charge in [-0.1, -0.05) is 77.6 Å². The summed E-state index contributed by atoms with van der Waals surface area (Å²) in [6, 6.07) is 0.408. The smallest absolute Gasteiger partial charge is 0.305 e. The van der Waals surface area contributed by atoms with Crippen molar-refractivity contribution in [1.29, 1.82) is 0 Å². The van der Waals surface area contributed by atoms with Crippen LogP contribution in [0.15, 0.2) is 0 Å². The predicted molar refractivity (Wildman–Crippen MR) is 94.9 cm³/mol. The molecule has 0 aromatic carbocycles. The number of nitrogens with two attached hydrogens (primary N) is 1. The van der Waals surface area contributed by atoms with Crippen molar-refractivity contribution in [2.24, 2.45) is 5.73 Å². The molecule has 3 nitrogen and oxygen atoms in total. The molecular formula is C19H39NO2. The number of carbonyl (C=O) groups is 1. The van der Waals surface area contributed by atoms with Crippen LogP contribution < -0.4 is 5.73 Å². The van der Waals surface area contributed by atoms with Gasteiger partial charge in [0.05, 0.1) is 7.11 Å². The van der Waals surface area contributed by atoms with Gasteiger partial charge in [-0.3, -0.25) is 4.79 Å². The molecule has 0 spiro atoms. The molecular weight excluding hydrogens is 274 g/mol. The highest BCUT2D eigenvalue weighted by molar-refractivity contribution is 5.68. The van der Waals surface area contributed by atoms with Crippen LogP contribution in [-0.4, -0.2) is 19.1 Å². The second kappa shape index (κ2) is 16.8. The predicted octanol–water partition coefficient (Wildman–Crippen LogP) is 5.36. The van der Waals surface area contributed by atoms with Gasteiger partial charge < -0.3 is 10.5 Å². The first kappa shape index (κ1) is 21.4. The van der Waals surface area contributed by atoms with E-state index >= 15 is 0 Å². The SMILES string of the molecule is CCCCCCCCC(N)CCCCCCCCC(=O)OC. The lowest BCUT2D eigenvalue weighted by atomic mass is 10.0. The van der Waals surface area contributed by atoms with Crippen molar-refractivity contribution >= 4 is 5.97 Å². The average Bonchev–Trinajstić information content (AvgIpc) is 2.52. The van der Waals surface area contributed by atoms with Crippen molar-refractivity contribution in [2.45, 2.75) is 109 Å². The molecule has 0 aliphatic heterocycles. The van der Waals surface area contributed by atoms with Gasteiger partial charge in [-0.25, -0.2) is 0 Å². The van der Waals surface area contributed by atoms with E-state index in [0.29, 0.717) is 12.5 Å². The van der Waals surface area contributed by atoms with Gasteiger partial charge in [-0.05, 0) is 19.3 Å². The van der Waals surface area contributed by atoms with Gasteiger partial charge in [-0.15, -0.1) is 0 Å². The number of carbonyl (C=O) groups excluding carboxylic acids is 1. The topological polar surface area (TPSA) is 52.3 Å². The lowest BCUT2D eigenvalue weighted by molar-refractivity contribution is -0.140. The highest BCUT2D eigenvalue weighted by Crippen LogP contribution is 2.13. The summed E-state index contributed by atoms with van der Waals surface area (Å²) in [6.45, 7) is 2.26. The second-order valence-corrected chi connectivity index (χ2v) is 6.55. The lowest BCUT2D eigenvalue weighted by Gasteiger charge is -2.11. The number of unbranched alkanes of at least 4 members (excludes halogenated alkanes) is 10. The number of hydrogen-bond acceptors (Lipinski definition) is 3. The molecule has 0 aliphatic carbocycles. The van der Waals surface area contributed by atoms with Gasteiger partial charge in [0.2, 0.25) is 0 Å². The van der Waals surface area contributed by atoms with E-state index in [2.05, 4.69) is 11.7 Å². The molecule has 0 rings (SSSR count). The number of esters is 1. The van der Waals surface area contributed by atoms with Gasteiger partial charge in [0.15, 0.2) is 0 Å². The van der Waals surface area contributed by atoms with E-state index in [0.717, 1.165) is 12.8 Å². The van der Waals surface area contributed by atoms with Crippen molar-refractivity contribution in [3.8, 4) is 0 Å². The van der Waals surface area contributed by atoms with E-state index in [9.17, 15) is 4.79 Å². The van der Waals surface area contributed by atoms with E-state index in [4.69, 9.17) is 5.73 Å². The summed E-state index contributed by atoms with van der Waals surface area (Å²) in [7, 11) is 1.46. The number of methoxy groups -OCH3 is 1. The minimum Gasteiger partial charge on any atom is -0.469 e. The maximum Gasteiger partial charge on any atom is 0.305 e. The monoisotopic (exact) mass is 313 g/mol. The van der Waals surface area contributed by atoms with Crippen molar-refractivity contribution < 1.29 is 9.53 Å². The summed E-state index contributed by atoms with van der Waals surface area (Å²) in [5.74, 6) is -0.0827. The molecule has 0 bridgehead atoms. The molecule has 22 heavy (non-hydrogen) atoms. The summed E-state index contributed by atoms with van der Waals surface area (Å²) >= 11 is 0.